The molecule has 26 heavy (non-hydrogen) atoms. The second-order valence-electron chi connectivity index (χ2n) is 5.30. The molecule has 8 heteroatoms. The molecule has 0 radical (unpaired) electrons. The zero-order valence-corrected chi connectivity index (χ0v) is 16.1. The number of hydrogen-bond acceptors (Lipinski definition) is 4. The van der Waals surface area contributed by atoms with Crippen LogP contribution in [-0.2, 0) is 0 Å². The number of pyridine rings is 1. The lowest BCUT2D eigenvalue weighted by Gasteiger charge is -2.06. The average Bonchev–Trinajstić information content (AvgIpc) is 3.07. The first kappa shape index (κ1) is 18.4. The van der Waals surface area contributed by atoms with E-state index in [0.717, 1.165) is 38.6 Å². The highest BCUT2D eigenvalue weighted by Crippen LogP contribution is 2.40. The largest absolute Gasteiger partial charge is 0.382 e. The molecule has 0 fully saturated rings. The third-order valence-corrected chi connectivity index (χ3v) is 5.44. The third kappa shape index (κ3) is 3.72. The van der Waals surface area contributed by atoms with Gasteiger partial charge >= 0.3 is 0 Å². The third-order valence-electron chi connectivity index (χ3n) is 3.69. The average molecular weight is 404 g/mol. The number of halogens is 2. The van der Waals surface area contributed by atoms with Crippen LogP contribution < -0.4 is 11.1 Å². The lowest BCUT2D eigenvalue weighted by Crippen LogP contribution is -2.12. The second-order valence-corrected chi connectivity index (χ2v) is 7.20. The molecule has 0 atom stereocenters. The van der Waals surface area contributed by atoms with Crippen molar-refractivity contribution >= 4 is 52.5 Å². The first-order chi connectivity index (χ1) is 12.5. The highest BCUT2D eigenvalue weighted by atomic mass is 35.5. The highest BCUT2D eigenvalue weighted by Gasteiger charge is 2.17. The van der Waals surface area contributed by atoms with Crippen LogP contribution in [0.5, 0.6) is 0 Å². The smallest absolute Gasteiger partial charge is 0.143 e. The Morgan fingerprint density at radius 1 is 1.23 bits per heavy atom. The number of nitrogens with two attached hydrogens (primary N) is 1. The fourth-order valence-electron chi connectivity index (χ4n) is 2.48. The van der Waals surface area contributed by atoms with Gasteiger partial charge in [0.25, 0.3) is 0 Å². The van der Waals surface area contributed by atoms with E-state index in [1.165, 1.54) is 11.3 Å². The van der Waals surface area contributed by atoms with Gasteiger partial charge in [-0.2, -0.15) is 0 Å². The van der Waals surface area contributed by atoms with Crippen LogP contribution in [0.4, 0.5) is 5.82 Å². The number of rotatable bonds is 5. The maximum atomic E-state index is 7.20. The normalized spacial score (nSPS) is 11.4. The Hall–Kier alpha value is -2.41. The molecule has 5 nitrogen and oxygen atoms in total. The predicted octanol–water partition coefficient (Wildman–Crippen LogP) is 5.14. The van der Waals surface area contributed by atoms with Gasteiger partial charge in [-0.05, 0) is 35.9 Å². The van der Waals surface area contributed by atoms with E-state index >= 15 is 0 Å². The number of thiophene rings is 1. The molecule has 0 saturated heterocycles. The minimum Gasteiger partial charge on any atom is -0.382 e. The minimum atomic E-state index is 0.264. The van der Waals surface area contributed by atoms with Crippen molar-refractivity contribution in [3.05, 3.63) is 57.5 Å². The van der Waals surface area contributed by atoms with Gasteiger partial charge in [-0.3, -0.25) is 5.41 Å². The van der Waals surface area contributed by atoms with Gasteiger partial charge < -0.3 is 11.1 Å². The SMILES string of the molecule is CNc1cc(-c2cc(-c3ccc(Cl)cc3Cl)c(C(N)=NC=N)s2)ccn1. The summed E-state index contributed by atoms with van der Waals surface area (Å²) in [6, 6.07) is 11.2. The molecule has 3 aromatic rings. The summed E-state index contributed by atoms with van der Waals surface area (Å²) in [7, 11) is 1.82. The number of aromatic nitrogens is 1. The van der Waals surface area contributed by atoms with Gasteiger partial charge in [-0.25, -0.2) is 9.98 Å². The lowest BCUT2D eigenvalue weighted by molar-refractivity contribution is 1.29. The second kappa shape index (κ2) is 7.86. The lowest BCUT2D eigenvalue weighted by atomic mass is 10.0. The van der Waals surface area contributed by atoms with Crippen LogP contribution in [0.15, 0.2) is 47.6 Å². The van der Waals surface area contributed by atoms with E-state index in [9.17, 15) is 0 Å². The number of aliphatic imine (C=N–C) groups is 1. The van der Waals surface area contributed by atoms with E-state index < -0.39 is 0 Å². The summed E-state index contributed by atoms with van der Waals surface area (Å²) in [5.74, 6) is 1.03. The maximum Gasteiger partial charge on any atom is 0.143 e. The number of amidine groups is 1. The molecule has 1 aromatic carbocycles. The van der Waals surface area contributed by atoms with Crippen molar-refractivity contribution in [1.29, 1.82) is 5.41 Å². The molecule has 0 aliphatic carbocycles. The van der Waals surface area contributed by atoms with Crippen molar-refractivity contribution in [3.8, 4) is 21.6 Å². The number of nitrogens with zero attached hydrogens (tertiary/aromatic N) is 2. The summed E-state index contributed by atoms with van der Waals surface area (Å²) in [6.45, 7) is 0. The molecular formula is C18H15Cl2N5S. The van der Waals surface area contributed by atoms with Gasteiger partial charge in [-0.15, -0.1) is 11.3 Å². The molecule has 0 aliphatic heterocycles. The van der Waals surface area contributed by atoms with E-state index in [1.54, 1.807) is 18.3 Å². The van der Waals surface area contributed by atoms with Gasteiger partial charge in [0.15, 0.2) is 0 Å². The van der Waals surface area contributed by atoms with Crippen LogP contribution in [0.2, 0.25) is 10.0 Å². The monoisotopic (exact) mass is 403 g/mol. The van der Waals surface area contributed by atoms with E-state index in [1.807, 2.05) is 31.3 Å². The van der Waals surface area contributed by atoms with Gasteiger partial charge in [0.05, 0.1) is 4.88 Å². The van der Waals surface area contributed by atoms with Crippen molar-refractivity contribution in [2.75, 3.05) is 12.4 Å². The van der Waals surface area contributed by atoms with E-state index in [4.69, 9.17) is 34.3 Å². The van der Waals surface area contributed by atoms with Gasteiger partial charge in [0.2, 0.25) is 0 Å². The van der Waals surface area contributed by atoms with Gasteiger partial charge in [-0.1, -0.05) is 29.3 Å². The summed E-state index contributed by atoms with van der Waals surface area (Å²) >= 11 is 13.9. The maximum absolute atomic E-state index is 7.20. The van der Waals surface area contributed by atoms with E-state index in [2.05, 4.69) is 15.3 Å². The fourth-order valence-corrected chi connectivity index (χ4v) is 4.07. The van der Waals surface area contributed by atoms with Crippen molar-refractivity contribution in [2.24, 2.45) is 10.7 Å². The van der Waals surface area contributed by atoms with Crippen molar-refractivity contribution in [1.82, 2.24) is 4.98 Å². The van der Waals surface area contributed by atoms with Crippen LogP contribution in [0.1, 0.15) is 4.88 Å². The number of anilines is 1. The zero-order valence-electron chi connectivity index (χ0n) is 13.8. The Morgan fingerprint density at radius 2 is 2.04 bits per heavy atom. The van der Waals surface area contributed by atoms with Crippen LogP contribution in [0.3, 0.4) is 0 Å². The highest BCUT2D eigenvalue weighted by molar-refractivity contribution is 7.18. The Balaban J connectivity index is 2.20. The van der Waals surface area contributed by atoms with Crippen molar-refractivity contribution in [3.63, 3.8) is 0 Å². The van der Waals surface area contributed by atoms with E-state index in [-0.39, 0.29) is 5.84 Å². The topological polar surface area (TPSA) is 87.1 Å². The van der Waals surface area contributed by atoms with E-state index in [0.29, 0.717) is 10.0 Å². The fraction of sp³-hybridized carbons (Fsp3) is 0.0556. The van der Waals surface area contributed by atoms with Crippen molar-refractivity contribution < 1.29 is 0 Å². The molecule has 0 aliphatic rings. The number of nitrogens with one attached hydrogen (secondary N) is 2. The first-order valence-electron chi connectivity index (χ1n) is 7.59. The number of benzene rings is 1. The van der Waals surface area contributed by atoms with Crippen LogP contribution in [0, 0.1) is 5.41 Å². The number of hydrogen-bond donors (Lipinski definition) is 3. The zero-order chi connectivity index (χ0) is 18.7. The van der Waals surface area contributed by atoms with Crippen LogP contribution >= 0.6 is 34.5 Å². The molecule has 0 saturated carbocycles. The molecular weight excluding hydrogens is 389 g/mol. The van der Waals surface area contributed by atoms with Crippen LogP contribution in [-0.4, -0.2) is 24.2 Å². The quantitative estimate of drug-likeness (QED) is 0.407. The Labute approximate surface area is 165 Å². The Kier molecular flexibility index (Phi) is 5.56. The van der Waals surface area contributed by atoms with Gasteiger partial charge in [0, 0.05) is 39.3 Å². The Bertz CT molecular complexity index is 997. The Morgan fingerprint density at radius 3 is 2.73 bits per heavy atom. The first-order valence-corrected chi connectivity index (χ1v) is 9.16. The standard InChI is InChI=1S/C18H15Cl2N5S/c1-23-16-6-10(4-5-24-16)15-8-13(17(26-15)18(22)25-9-21)12-3-2-11(19)7-14(12)20/h2-9H,1H3,(H,23,24)(H3,21,22,25). The molecule has 3 rings (SSSR count). The minimum absolute atomic E-state index is 0.264. The van der Waals surface area contributed by atoms with Gasteiger partial charge in [0.1, 0.15) is 18.0 Å². The summed E-state index contributed by atoms with van der Waals surface area (Å²) in [5, 5.41) is 11.3. The molecule has 0 amide bonds. The summed E-state index contributed by atoms with van der Waals surface area (Å²) in [4.78, 5) is 9.90. The molecule has 2 aromatic heterocycles. The van der Waals surface area contributed by atoms with Crippen molar-refractivity contribution in [2.45, 2.75) is 0 Å². The van der Waals surface area contributed by atoms with Crippen LogP contribution in [0.25, 0.3) is 21.6 Å². The molecule has 2 heterocycles. The molecule has 0 unspecified atom stereocenters. The predicted molar refractivity (Wildman–Crippen MR) is 112 cm³/mol. The molecule has 0 bridgehead atoms. The summed E-state index contributed by atoms with van der Waals surface area (Å²) in [5.41, 5.74) is 8.73. The molecule has 4 N–H and O–H groups in total. The molecule has 132 valence electrons. The molecule has 0 spiro atoms. The summed E-state index contributed by atoms with van der Waals surface area (Å²) in [6.07, 6.45) is 2.66. The summed E-state index contributed by atoms with van der Waals surface area (Å²) < 4.78 is 0.